The predicted molar refractivity (Wildman–Crippen MR) is 139 cm³/mol. The van der Waals surface area contributed by atoms with Gasteiger partial charge in [0.15, 0.2) is 5.78 Å². The Morgan fingerprint density at radius 2 is 1.78 bits per heavy atom. The maximum absolute atomic E-state index is 13.9. The number of ketones is 1. The summed E-state index contributed by atoms with van der Waals surface area (Å²) in [6.07, 6.45) is 2.82. The molecule has 0 spiro atoms. The number of amides is 1. The summed E-state index contributed by atoms with van der Waals surface area (Å²) in [6.45, 7) is 0. The fraction of sp³-hybridized carbons (Fsp3) is 0.276. The predicted octanol–water partition coefficient (Wildman–Crippen LogP) is 5.85. The molecular weight excluding hydrogens is 472 g/mol. The summed E-state index contributed by atoms with van der Waals surface area (Å²) >= 11 is 1.67. The molecule has 182 valence electrons. The van der Waals surface area contributed by atoms with E-state index in [-0.39, 0.29) is 23.5 Å². The van der Waals surface area contributed by atoms with Crippen molar-refractivity contribution in [3.8, 4) is 0 Å². The number of anilines is 2. The van der Waals surface area contributed by atoms with Gasteiger partial charge < -0.3 is 10.1 Å². The first-order chi connectivity index (χ1) is 17.5. The van der Waals surface area contributed by atoms with Gasteiger partial charge in [0, 0.05) is 34.4 Å². The number of carbonyl (C=O) groups is 3. The van der Waals surface area contributed by atoms with Gasteiger partial charge in [0.1, 0.15) is 0 Å². The van der Waals surface area contributed by atoms with Gasteiger partial charge in [0.2, 0.25) is 5.91 Å². The molecule has 2 heterocycles. The Bertz CT molecular complexity index is 1370. The zero-order chi connectivity index (χ0) is 24.8. The molecule has 2 unspecified atom stereocenters. The molecule has 0 bridgehead atoms. The van der Waals surface area contributed by atoms with Crippen LogP contribution in [0.2, 0.25) is 0 Å². The van der Waals surface area contributed by atoms with Crippen LogP contribution in [-0.2, 0) is 14.3 Å². The van der Waals surface area contributed by atoms with Crippen LogP contribution in [0.4, 0.5) is 11.4 Å². The SMILES string of the molecule is COC(=O)c1ccc(C2C3=C(CC(c4cccs4)CC3=O)Nc3ccccc3N2C(=O)C2CC2)cc1. The minimum absolute atomic E-state index is 0.0328. The second kappa shape index (κ2) is 9.06. The molecule has 3 aromatic rings. The fourth-order valence-corrected chi connectivity index (χ4v) is 6.15. The molecule has 0 radical (unpaired) electrons. The molecule has 2 atom stereocenters. The van der Waals surface area contributed by atoms with Crippen LogP contribution in [0, 0.1) is 5.92 Å². The normalized spacial score (nSPS) is 21.2. The Morgan fingerprint density at radius 1 is 1.00 bits per heavy atom. The van der Waals surface area contributed by atoms with Crippen molar-refractivity contribution in [2.75, 3.05) is 17.3 Å². The number of para-hydroxylation sites is 2. The highest BCUT2D eigenvalue weighted by atomic mass is 32.1. The van der Waals surface area contributed by atoms with Gasteiger partial charge in [-0.3, -0.25) is 14.5 Å². The van der Waals surface area contributed by atoms with E-state index in [2.05, 4.69) is 11.4 Å². The summed E-state index contributed by atoms with van der Waals surface area (Å²) < 4.78 is 4.86. The number of esters is 1. The third-order valence-corrected chi connectivity index (χ3v) is 8.28. The van der Waals surface area contributed by atoms with Gasteiger partial charge in [-0.15, -0.1) is 11.3 Å². The summed E-state index contributed by atoms with van der Waals surface area (Å²) in [5.41, 5.74) is 4.32. The van der Waals surface area contributed by atoms with Crippen molar-refractivity contribution < 1.29 is 19.1 Å². The summed E-state index contributed by atoms with van der Waals surface area (Å²) in [5, 5.41) is 5.60. The number of nitrogens with zero attached hydrogens (tertiary/aromatic N) is 1. The van der Waals surface area contributed by atoms with E-state index in [4.69, 9.17) is 4.74 Å². The highest BCUT2D eigenvalue weighted by Gasteiger charge is 2.45. The number of hydrogen-bond donors (Lipinski definition) is 1. The number of Topliss-reactive ketones (excluding diaryl/α,β-unsaturated/α-hetero) is 1. The van der Waals surface area contributed by atoms with Crippen LogP contribution < -0.4 is 10.2 Å². The van der Waals surface area contributed by atoms with Crippen molar-refractivity contribution in [3.63, 3.8) is 0 Å². The van der Waals surface area contributed by atoms with E-state index in [9.17, 15) is 14.4 Å². The van der Waals surface area contributed by atoms with Crippen molar-refractivity contribution in [3.05, 3.63) is 93.3 Å². The van der Waals surface area contributed by atoms with Gasteiger partial charge in [-0.25, -0.2) is 4.79 Å². The topological polar surface area (TPSA) is 75.7 Å². The first kappa shape index (κ1) is 22.7. The molecule has 6 nitrogen and oxygen atoms in total. The highest BCUT2D eigenvalue weighted by molar-refractivity contribution is 7.10. The highest BCUT2D eigenvalue weighted by Crippen LogP contribution is 2.49. The average molecular weight is 499 g/mol. The lowest BCUT2D eigenvalue weighted by atomic mass is 9.80. The number of methoxy groups -OCH3 is 1. The first-order valence-corrected chi connectivity index (χ1v) is 13.1. The number of nitrogens with one attached hydrogen (secondary N) is 1. The van der Waals surface area contributed by atoms with Crippen molar-refractivity contribution in [2.24, 2.45) is 5.92 Å². The number of benzene rings is 2. The lowest BCUT2D eigenvalue weighted by Crippen LogP contribution is -2.39. The van der Waals surface area contributed by atoms with E-state index in [0.717, 1.165) is 35.5 Å². The minimum atomic E-state index is -0.576. The van der Waals surface area contributed by atoms with E-state index in [1.54, 1.807) is 23.5 Å². The summed E-state index contributed by atoms with van der Waals surface area (Å²) in [5.74, 6) is -0.273. The molecule has 6 rings (SSSR count). The number of allylic oxidation sites excluding steroid dienone is 1. The number of thiophene rings is 1. The Hall–Kier alpha value is -3.71. The van der Waals surface area contributed by atoms with Crippen LogP contribution in [0.1, 0.15) is 58.4 Å². The second-order valence-corrected chi connectivity index (χ2v) is 10.6. The summed E-state index contributed by atoms with van der Waals surface area (Å²) in [6, 6.07) is 18.4. The number of hydrogen-bond acceptors (Lipinski definition) is 6. The van der Waals surface area contributed by atoms with Gasteiger partial charge in [-0.05, 0) is 60.5 Å². The van der Waals surface area contributed by atoms with Crippen molar-refractivity contribution >= 4 is 40.4 Å². The second-order valence-electron chi connectivity index (χ2n) is 9.58. The van der Waals surface area contributed by atoms with Gasteiger partial charge in [0.05, 0.1) is 30.1 Å². The van der Waals surface area contributed by atoms with Crippen LogP contribution in [0.3, 0.4) is 0 Å². The minimum Gasteiger partial charge on any atom is -0.465 e. The smallest absolute Gasteiger partial charge is 0.337 e. The van der Waals surface area contributed by atoms with Crippen LogP contribution in [-0.4, -0.2) is 24.8 Å². The molecule has 1 aromatic heterocycles. The first-order valence-electron chi connectivity index (χ1n) is 12.2. The Kier molecular flexibility index (Phi) is 5.72. The fourth-order valence-electron chi connectivity index (χ4n) is 5.32. The zero-order valence-corrected chi connectivity index (χ0v) is 20.7. The maximum Gasteiger partial charge on any atom is 0.337 e. The Labute approximate surface area is 213 Å². The third kappa shape index (κ3) is 3.93. The third-order valence-electron chi connectivity index (χ3n) is 7.25. The molecule has 1 saturated carbocycles. The standard InChI is InChI=1S/C29H26N2O4S/c1-35-29(34)19-12-8-17(9-13-19)27-26-22(15-20(16-24(26)32)25-7-4-14-36-25)30-21-5-2-3-6-23(21)31(27)28(33)18-10-11-18/h2-9,12-14,18,20,27,30H,10-11,15-16H2,1H3. The molecule has 1 fully saturated rings. The Balaban J connectivity index is 1.53. The van der Waals surface area contributed by atoms with Crippen molar-refractivity contribution in [1.29, 1.82) is 0 Å². The molecule has 2 aliphatic carbocycles. The van der Waals surface area contributed by atoms with E-state index in [1.165, 1.54) is 12.0 Å². The van der Waals surface area contributed by atoms with Gasteiger partial charge in [-0.2, -0.15) is 0 Å². The lowest BCUT2D eigenvalue weighted by Gasteiger charge is -2.35. The summed E-state index contributed by atoms with van der Waals surface area (Å²) in [7, 11) is 1.35. The lowest BCUT2D eigenvalue weighted by molar-refractivity contribution is -0.120. The summed E-state index contributed by atoms with van der Waals surface area (Å²) in [4.78, 5) is 42.8. The van der Waals surface area contributed by atoms with Gasteiger partial charge in [0.25, 0.3) is 0 Å². The van der Waals surface area contributed by atoms with E-state index < -0.39 is 12.0 Å². The average Bonchev–Trinajstić information content (AvgIpc) is 3.64. The van der Waals surface area contributed by atoms with Crippen LogP contribution in [0.5, 0.6) is 0 Å². The molecule has 0 saturated heterocycles. The van der Waals surface area contributed by atoms with E-state index >= 15 is 0 Å². The zero-order valence-electron chi connectivity index (χ0n) is 19.9. The molecule has 1 N–H and O–H groups in total. The van der Waals surface area contributed by atoms with Crippen molar-refractivity contribution in [1.82, 2.24) is 0 Å². The molecule has 36 heavy (non-hydrogen) atoms. The number of fused-ring (bicyclic) bond motifs is 1. The number of carbonyl (C=O) groups excluding carboxylic acids is 3. The van der Waals surface area contributed by atoms with Crippen LogP contribution in [0.15, 0.2) is 77.3 Å². The quantitative estimate of drug-likeness (QED) is 0.457. The number of ether oxygens (including phenoxy) is 1. The Morgan fingerprint density at radius 3 is 2.47 bits per heavy atom. The molecule has 3 aliphatic rings. The van der Waals surface area contributed by atoms with Gasteiger partial charge in [-0.1, -0.05) is 30.3 Å². The molecule has 1 amide bonds. The van der Waals surface area contributed by atoms with E-state index in [0.29, 0.717) is 24.0 Å². The van der Waals surface area contributed by atoms with Crippen LogP contribution >= 0.6 is 11.3 Å². The monoisotopic (exact) mass is 498 g/mol. The van der Waals surface area contributed by atoms with Crippen molar-refractivity contribution in [2.45, 2.75) is 37.6 Å². The largest absolute Gasteiger partial charge is 0.465 e. The molecule has 1 aliphatic heterocycles. The molecular formula is C29H26N2O4S. The van der Waals surface area contributed by atoms with E-state index in [1.807, 2.05) is 52.7 Å². The van der Waals surface area contributed by atoms with Gasteiger partial charge >= 0.3 is 5.97 Å². The molecule has 7 heteroatoms. The number of rotatable bonds is 4. The van der Waals surface area contributed by atoms with Crippen LogP contribution in [0.25, 0.3) is 0 Å². The molecule has 2 aromatic carbocycles. The maximum atomic E-state index is 13.9.